The Bertz CT molecular complexity index is 458. The molecule has 1 N–H and O–H groups in total. The van der Waals surface area contributed by atoms with Crippen molar-refractivity contribution < 1.29 is 0 Å². The van der Waals surface area contributed by atoms with Gasteiger partial charge in [0, 0.05) is 10.9 Å². The smallest absolute Gasteiger partial charge is 0.113 e. The second kappa shape index (κ2) is 5.42. The van der Waals surface area contributed by atoms with Gasteiger partial charge >= 0.3 is 0 Å². The van der Waals surface area contributed by atoms with Gasteiger partial charge in [0.05, 0.1) is 11.2 Å². The van der Waals surface area contributed by atoms with E-state index in [-0.39, 0.29) is 5.54 Å². The number of thiazole rings is 1. The highest BCUT2D eigenvalue weighted by molar-refractivity contribution is 7.12. The molecule has 2 aliphatic carbocycles. The number of nitrogens with zero attached hydrogens (tertiary/aromatic N) is 1. The van der Waals surface area contributed by atoms with E-state index in [1.807, 2.05) is 11.3 Å². The molecule has 0 spiro atoms. The van der Waals surface area contributed by atoms with E-state index >= 15 is 0 Å². The molecule has 2 nitrogen and oxygen atoms in total. The Kier molecular flexibility index (Phi) is 3.93. The summed E-state index contributed by atoms with van der Waals surface area (Å²) in [5, 5.41) is 5.28. The Balaban J connectivity index is 1.92. The van der Waals surface area contributed by atoms with Crippen LogP contribution in [0.3, 0.4) is 0 Å². The van der Waals surface area contributed by atoms with Gasteiger partial charge < -0.3 is 5.32 Å². The first kappa shape index (κ1) is 14.5. The topological polar surface area (TPSA) is 24.9 Å². The monoisotopic (exact) mass is 292 g/mol. The molecule has 0 saturated heterocycles. The van der Waals surface area contributed by atoms with Crippen molar-refractivity contribution in [3.05, 3.63) is 15.6 Å². The normalized spacial score (nSPS) is 33.6. The van der Waals surface area contributed by atoms with E-state index in [4.69, 9.17) is 4.98 Å². The van der Waals surface area contributed by atoms with Crippen LogP contribution in [-0.2, 0) is 18.4 Å². The van der Waals surface area contributed by atoms with Crippen LogP contribution in [0.25, 0.3) is 0 Å². The second-order valence-electron chi connectivity index (χ2n) is 7.32. The van der Waals surface area contributed by atoms with Gasteiger partial charge in [-0.1, -0.05) is 13.8 Å². The highest BCUT2D eigenvalue weighted by atomic mass is 32.1. The summed E-state index contributed by atoms with van der Waals surface area (Å²) < 4.78 is 0. The van der Waals surface area contributed by atoms with Crippen LogP contribution in [-0.4, -0.2) is 11.0 Å². The summed E-state index contributed by atoms with van der Waals surface area (Å²) in [5.41, 5.74) is 1.55. The summed E-state index contributed by atoms with van der Waals surface area (Å²) in [6.45, 7) is 9.37. The molecule has 20 heavy (non-hydrogen) atoms. The predicted molar refractivity (Wildman–Crippen MR) is 86.3 cm³/mol. The number of fused-ring (bicyclic) bond motifs is 1. The highest BCUT2D eigenvalue weighted by Crippen LogP contribution is 2.45. The maximum atomic E-state index is 5.06. The molecule has 0 aromatic carbocycles. The van der Waals surface area contributed by atoms with Crippen molar-refractivity contribution in [2.75, 3.05) is 0 Å². The standard InChI is InChI=1S/C17H28N2S/c1-11(2)19-17(9-8-12(3)13(4)10-17)16-18-14-6-5-7-15(14)20-16/h11-13,19H,5-10H2,1-4H3. The molecule has 3 unspecified atom stereocenters. The lowest BCUT2D eigenvalue weighted by molar-refractivity contribution is 0.131. The molecule has 3 rings (SSSR count). The molecule has 3 atom stereocenters. The van der Waals surface area contributed by atoms with Gasteiger partial charge in [0.15, 0.2) is 0 Å². The first-order valence-electron chi connectivity index (χ1n) is 8.27. The first-order chi connectivity index (χ1) is 9.50. The maximum Gasteiger partial charge on any atom is 0.113 e. The van der Waals surface area contributed by atoms with Crippen LogP contribution in [0.4, 0.5) is 0 Å². The summed E-state index contributed by atoms with van der Waals surface area (Å²) in [7, 11) is 0. The van der Waals surface area contributed by atoms with Gasteiger partial charge in [-0.25, -0.2) is 4.98 Å². The van der Waals surface area contributed by atoms with Crippen LogP contribution in [0.15, 0.2) is 0 Å². The quantitative estimate of drug-likeness (QED) is 0.899. The molecule has 0 bridgehead atoms. The minimum Gasteiger partial charge on any atom is -0.303 e. The Morgan fingerprint density at radius 2 is 2.05 bits per heavy atom. The zero-order valence-electron chi connectivity index (χ0n) is 13.3. The summed E-state index contributed by atoms with van der Waals surface area (Å²) in [4.78, 5) is 6.62. The highest BCUT2D eigenvalue weighted by Gasteiger charge is 2.42. The summed E-state index contributed by atoms with van der Waals surface area (Å²) in [6.07, 6.45) is 7.60. The molecule has 2 aliphatic rings. The zero-order chi connectivity index (χ0) is 14.3. The number of aromatic nitrogens is 1. The van der Waals surface area contributed by atoms with Crippen molar-refractivity contribution in [3.8, 4) is 0 Å². The average Bonchev–Trinajstić information content (AvgIpc) is 2.94. The molecule has 1 heterocycles. The summed E-state index contributed by atoms with van der Waals surface area (Å²) >= 11 is 2.00. The molecule has 0 aliphatic heterocycles. The van der Waals surface area contributed by atoms with Gasteiger partial charge in [0.25, 0.3) is 0 Å². The van der Waals surface area contributed by atoms with Crippen molar-refractivity contribution in [2.24, 2.45) is 11.8 Å². The maximum absolute atomic E-state index is 5.06. The molecule has 0 amide bonds. The Morgan fingerprint density at radius 1 is 1.25 bits per heavy atom. The molecule has 1 aromatic rings. The SMILES string of the molecule is CC(C)NC1(c2nc3c(s2)CCC3)CCC(C)C(C)C1. The van der Waals surface area contributed by atoms with Crippen LogP contribution >= 0.6 is 11.3 Å². The molecule has 112 valence electrons. The van der Waals surface area contributed by atoms with Crippen LogP contribution < -0.4 is 5.32 Å². The third-order valence-corrected chi connectivity index (χ3v) is 6.60. The fourth-order valence-electron chi connectivity index (χ4n) is 3.95. The van der Waals surface area contributed by atoms with E-state index in [1.54, 1.807) is 4.88 Å². The molecular weight excluding hydrogens is 264 g/mol. The number of rotatable bonds is 3. The predicted octanol–water partition coefficient (Wildman–Crippen LogP) is 4.28. The van der Waals surface area contributed by atoms with Crippen molar-refractivity contribution in [1.29, 1.82) is 0 Å². The Labute approximate surface area is 127 Å². The van der Waals surface area contributed by atoms with E-state index in [1.165, 1.54) is 49.2 Å². The van der Waals surface area contributed by atoms with Gasteiger partial charge in [-0.15, -0.1) is 11.3 Å². The van der Waals surface area contributed by atoms with Crippen LogP contribution in [0.2, 0.25) is 0 Å². The number of hydrogen-bond acceptors (Lipinski definition) is 3. The number of nitrogens with one attached hydrogen (secondary N) is 1. The van der Waals surface area contributed by atoms with E-state index in [0.29, 0.717) is 6.04 Å². The molecular formula is C17H28N2S. The third kappa shape index (κ3) is 2.55. The third-order valence-electron chi connectivity index (χ3n) is 5.24. The van der Waals surface area contributed by atoms with Crippen LogP contribution in [0.5, 0.6) is 0 Å². The first-order valence-corrected chi connectivity index (χ1v) is 9.08. The molecule has 0 radical (unpaired) electrons. The Hall–Kier alpha value is -0.410. The zero-order valence-corrected chi connectivity index (χ0v) is 14.1. The van der Waals surface area contributed by atoms with Crippen molar-refractivity contribution in [3.63, 3.8) is 0 Å². The molecule has 1 fully saturated rings. The van der Waals surface area contributed by atoms with Gasteiger partial charge in [-0.2, -0.15) is 0 Å². The number of aryl methyl sites for hydroxylation is 2. The fourth-order valence-corrected chi connectivity index (χ4v) is 5.29. The van der Waals surface area contributed by atoms with E-state index in [0.717, 1.165) is 11.8 Å². The van der Waals surface area contributed by atoms with Crippen LogP contribution in [0.1, 0.15) is 69.0 Å². The van der Waals surface area contributed by atoms with Gasteiger partial charge in [-0.05, 0) is 64.2 Å². The Morgan fingerprint density at radius 3 is 2.70 bits per heavy atom. The van der Waals surface area contributed by atoms with Gasteiger partial charge in [-0.3, -0.25) is 0 Å². The van der Waals surface area contributed by atoms with E-state index in [9.17, 15) is 0 Å². The lowest BCUT2D eigenvalue weighted by Gasteiger charge is -2.43. The van der Waals surface area contributed by atoms with Crippen molar-refractivity contribution in [2.45, 2.75) is 77.8 Å². The largest absolute Gasteiger partial charge is 0.303 e. The molecule has 3 heteroatoms. The van der Waals surface area contributed by atoms with Gasteiger partial charge in [0.1, 0.15) is 5.01 Å². The summed E-state index contributed by atoms with van der Waals surface area (Å²) in [5.74, 6) is 1.64. The van der Waals surface area contributed by atoms with Crippen molar-refractivity contribution >= 4 is 11.3 Å². The minimum absolute atomic E-state index is 0.148. The fraction of sp³-hybridized carbons (Fsp3) is 0.824. The lowest BCUT2D eigenvalue weighted by atomic mass is 9.71. The molecule has 1 saturated carbocycles. The van der Waals surface area contributed by atoms with E-state index in [2.05, 4.69) is 33.0 Å². The van der Waals surface area contributed by atoms with Crippen LogP contribution in [0, 0.1) is 11.8 Å². The average molecular weight is 292 g/mol. The number of hydrogen-bond donors (Lipinski definition) is 1. The summed E-state index contributed by atoms with van der Waals surface area (Å²) in [6, 6.07) is 0.523. The van der Waals surface area contributed by atoms with Gasteiger partial charge in [0.2, 0.25) is 0 Å². The van der Waals surface area contributed by atoms with E-state index < -0.39 is 0 Å². The minimum atomic E-state index is 0.148. The lowest BCUT2D eigenvalue weighted by Crippen LogP contribution is -2.50. The van der Waals surface area contributed by atoms with Crippen molar-refractivity contribution in [1.82, 2.24) is 10.3 Å². The second-order valence-corrected chi connectivity index (χ2v) is 8.40. The molecule has 1 aromatic heterocycles.